The number of nitrogens with one attached hydrogen (secondary N) is 3. The van der Waals surface area contributed by atoms with Crippen molar-refractivity contribution >= 4 is 0 Å². The molecular formula is C16H24N4O2. The molecule has 3 rings (SSSR count). The molecule has 2 aliphatic rings. The molecule has 3 N–H and O–H groups in total. The number of nitrogens with zero attached hydrogens (tertiary/aromatic N) is 1. The Kier molecular flexibility index (Phi) is 5.53. The lowest BCUT2D eigenvalue weighted by Crippen LogP contribution is -2.44. The quantitative estimate of drug-likeness (QED) is 0.679. The first kappa shape index (κ1) is 15.1. The molecule has 0 amide bonds. The smallest absolute Gasteiger partial charge is 0.152 e. The number of ether oxygens (including phenoxy) is 2. The van der Waals surface area contributed by atoms with Gasteiger partial charge in [0.1, 0.15) is 12.4 Å². The lowest BCUT2D eigenvalue weighted by molar-refractivity contribution is 0.0322. The first-order valence-electron chi connectivity index (χ1n) is 7.82. The van der Waals surface area contributed by atoms with E-state index in [4.69, 9.17) is 9.47 Å². The predicted octanol–water partition coefficient (Wildman–Crippen LogP) is 0.435. The number of hydrogen-bond donors (Lipinski definition) is 3. The minimum absolute atomic E-state index is 0.103. The lowest BCUT2D eigenvalue weighted by atomic mass is 10.2. The van der Waals surface area contributed by atoms with E-state index < -0.39 is 0 Å². The average molecular weight is 304 g/mol. The van der Waals surface area contributed by atoms with Gasteiger partial charge < -0.3 is 20.1 Å². The molecule has 6 heteroatoms. The molecule has 120 valence electrons. The van der Waals surface area contributed by atoms with Gasteiger partial charge in [-0.1, -0.05) is 12.1 Å². The van der Waals surface area contributed by atoms with Crippen molar-refractivity contribution in [1.29, 1.82) is 0 Å². The van der Waals surface area contributed by atoms with Crippen LogP contribution in [0.5, 0.6) is 5.75 Å². The summed E-state index contributed by atoms with van der Waals surface area (Å²) >= 11 is 0. The van der Waals surface area contributed by atoms with E-state index >= 15 is 0 Å². The van der Waals surface area contributed by atoms with Crippen molar-refractivity contribution in [2.75, 3.05) is 39.5 Å². The van der Waals surface area contributed by atoms with Gasteiger partial charge in [-0.2, -0.15) is 0 Å². The maximum Gasteiger partial charge on any atom is 0.152 e. The zero-order valence-electron chi connectivity index (χ0n) is 12.8. The van der Waals surface area contributed by atoms with E-state index in [0.29, 0.717) is 6.61 Å². The summed E-state index contributed by atoms with van der Waals surface area (Å²) in [5.41, 5.74) is 1.21. The first-order valence-corrected chi connectivity index (χ1v) is 7.82. The topological polar surface area (TPSA) is 57.8 Å². The summed E-state index contributed by atoms with van der Waals surface area (Å²) in [6.07, 6.45) is 3.89. The molecule has 2 aliphatic heterocycles. The summed E-state index contributed by atoms with van der Waals surface area (Å²) < 4.78 is 11.2. The Bertz CT molecular complexity index is 481. The molecule has 1 aromatic carbocycles. The van der Waals surface area contributed by atoms with Crippen LogP contribution in [0.4, 0.5) is 0 Å². The third-order valence-electron chi connectivity index (χ3n) is 3.80. The molecule has 0 unspecified atom stereocenters. The van der Waals surface area contributed by atoms with Crippen LogP contribution in [0.25, 0.3) is 0 Å². The van der Waals surface area contributed by atoms with Crippen molar-refractivity contribution in [2.45, 2.75) is 12.8 Å². The fraction of sp³-hybridized carbons (Fsp3) is 0.500. The van der Waals surface area contributed by atoms with Crippen LogP contribution < -0.4 is 20.7 Å². The fourth-order valence-corrected chi connectivity index (χ4v) is 2.54. The molecule has 0 atom stereocenters. The Labute approximate surface area is 131 Å². The van der Waals surface area contributed by atoms with Crippen LogP contribution in [0.2, 0.25) is 0 Å². The Morgan fingerprint density at radius 2 is 2.05 bits per heavy atom. The number of rotatable bonds is 7. The zero-order valence-corrected chi connectivity index (χ0v) is 12.8. The van der Waals surface area contributed by atoms with Crippen molar-refractivity contribution in [2.24, 2.45) is 0 Å². The summed E-state index contributed by atoms with van der Waals surface area (Å²) in [5, 5.41) is 9.70. The highest BCUT2D eigenvalue weighted by Gasteiger charge is 2.10. The summed E-state index contributed by atoms with van der Waals surface area (Å²) in [5.74, 6) is 0.929. The maximum absolute atomic E-state index is 5.87. The van der Waals surface area contributed by atoms with E-state index in [2.05, 4.69) is 33.0 Å². The molecule has 1 fully saturated rings. The van der Waals surface area contributed by atoms with Gasteiger partial charge in [-0.15, -0.1) is 0 Å². The molecule has 0 spiro atoms. The Morgan fingerprint density at radius 1 is 1.23 bits per heavy atom. The second-order valence-corrected chi connectivity index (χ2v) is 5.43. The molecule has 0 radical (unpaired) electrons. The van der Waals surface area contributed by atoms with Gasteiger partial charge in [-0.25, -0.2) is 0 Å². The van der Waals surface area contributed by atoms with Crippen LogP contribution in [-0.4, -0.2) is 50.6 Å². The largest absolute Gasteiger partial charge is 0.492 e. The summed E-state index contributed by atoms with van der Waals surface area (Å²) in [6.45, 7) is 6.12. The van der Waals surface area contributed by atoms with E-state index in [1.165, 1.54) is 5.56 Å². The fourth-order valence-electron chi connectivity index (χ4n) is 2.54. The van der Waals surface area contributed by atoms with E-state index in [9.17, 15) is 0 Å². The predicted molar refractivity (Wildman–Crippen MR) is 85.2 cm³/mol. The van der Waals surface area contributed by atoms with Crippen LogP contribution in [-0.2, 0) is 11.3 Å². The second kappa shape index (κ2) is 8.03. The molecule has 0 aliphatic carbocycles. The van der Waals surface area contributed by atoms with Gasteiger partial charge in [-0.3, -0.25) is 10.2 Å². The summed E-state index contributed by atoms with van der Waals surface area (Å²) in [6, 6.07) is 8.24. The SMILES string of the molecule is C1=CNC(NCc2cccc(OCCN3CCOCC3)c2)N1. The van der Waals surface area contributed by atoms with Crippen molar-refractivity contribution in [1.82, 2.24) is 20.9 Å². The van der Waals surface area contributed by atoms with Gasteiger partial charge in [0.15, 0.2) is 6.29 Å². The van der Waals surface area contributed by atoms with Gasteiger partial charge in [0.05, 0.1) is 13.2 Å². The molecular weight excluding hydrogens is 280 g/mol. The summed E-state index contributed by atoms with van der Waals surface area (Å²) in [7, 11) is 0. The molecule has 6 nitrogen and oxygen atoms in total. The second-order valence-electron chi connectivity index (χ2n) is 5.43. The molecule has 0 bridgehead atoms. The molecule has 22 heavy (non-hydrogen) atoms. The molecule has 1 saturated heterocycles. The van der Waals surface area contributed by atoms with E-state index in [1.54, 1.807) is 0 Å². The van der Waals surface area contributed by atoms with E-state index in [-0.39, 0.29) is 6.29 Å². The standard InChI is InChI=1S/C16H24N4O2/c1-2-14(13-19-16-17-4-5-18-16)12-15(3-1)22-11-8-20-6-9-21-10-7-20/h1-5,12,16-19H,6-11,13H2. The highest BCUT2D eigenvalue weighted by Crippen LogP contribution is 2.13. The van der Waals surface area contributed by atoms with Crippen molar-refractivity contribution in [3.8, 4) is 5.75 Å². The Balaban J connectivity index is 1.40. The Hall–Kier alpha value is -1.76. The van der Waals surface area contributed by atoms with Crippen LogP contribution in [0.15, 0.2) is 36.7 Å². The average Bonchev–Trinajstić information content (AvgIpc) is 3.08. The third-order valence-corrected chi connectivity index (χ3v) is 3.80. The van der Waals surface area contributed by atoms with Gasteiger partial charge in [0, 0.05) is 38.6 Å². The van der Waals surface area contributed by atoms with Crippen LogP contribution in [0.3, 0.4) is 0 Å². The van der Waals surface area contributed by atoms with Crippen molar-refractivity contribution in [3.05, 3.63) is 42.2 Å². The Morgan fingerprint density at radius 3 is 2.86 bits per heavy atom. The lowest BCUT2D eigenvalue weighted by Gasteiger charge is -2.26. The minimum atomic E-state index is 0.103. The minimum Gasteiger partial charge on any atom is -0.492 e. The van der Waals surface area contributed by atoms with Crippen LogP contribution >= 0.6 is 0 Å². The van der Waals surface area contributed by atoms with Gasteiger partial charge in [-0.05, 0) is 17.7 Å². The van der Waals surface area contributed by atoms with Crippen LogP contribution in [0, 0.1) is 0 Å². The number of benzene rings is 1. The van der Waals surface area contributed by atoms with Gasteiger partial charge >= 0.3 is 0 Å². The van der Waals surface area contributed by atoms with Crippen LogP contribution in [0.1, 0.15) is 5.56 Å². The van der Waals surface area contributed by atoms with E-state index in [0.717, 1.165) is 45.1 Å². The monoisotopic (exact) mass is 304 g/mol. The molecule has 1 aromatic rings. The van der Waals surface area contributed by atoms with Gasteiger partial charge in [0.25, 0.3) is 0 Å². The summed E-state index contributed by atoms with van der Waals surface area (Å²) in [4.78, 5) is 2.37. The molecule has 0 saturated carbocycles. The van der Waals surface area contributed by atoms with Crippen molar-refractivity contribution < 1.29 is 9.47 Å². The highest BCUT2D eigenvalue weighted by atomic mass is 16.5. The van der Waals surface area contributed by atoms with E-state index in [1.807, 2.05) is 24.5 Å². The van der Waals surface area contributed by atoms with Gasteiger partial charge in [0.2, 0.25) is 0 Å². The number of hydrogen-bond acceptors (Lipinski definition) is 6. The zero-order chi connectivity index (χ0) is 15.0. The molecule has 2 heterocycles. The number of morpholine rings is 1. The van der Waals surface area contributed by atoms with Crippen molar-refractivity contribution in [3.63, 3.8) is 0 Å². The normalized spacial score (nSPS) is 18.9. The maximum atomic E-state index is 5.87. The highest BCUT2D eigenvalue weighted by molar-refractivity contribution is 5.28. The first-order chi connectivity index (χ1) is 10.9. The third kappa shape index (κ3) is 4.62. The molecule has 0 aromatic heterocycles.